The van der Waals surface area contributed by atoms with E-state index in [2.05, 4.69) is 0 Å². The number of benzene rings is 1. The number of carbonyl (C=O) groups is 1. The van der Waals surface area contributed by atoms with Crippen molar-refractivity contribution in [3.8, 4) is 0 Å². The minimum absolute atomic E-state index is 0.0653. The molecule has 1 aromatic rings. The van der Waals surface area contributed by atoms with Gasteiger partial charge >= 0.3 is 5.97 Å². The Morgan fingerprint density at radius 2 is 2.22 bits per heavy atom. The van der Waals surface area contributed by atoms with Crippen LogP contribution in [0.25, 0.3) is 0 Å². The smallest absolute Gasteiger partial charge is 0.322 e. The largest absolute Gasteiger partial charge is 0.480 e. The monoisotopic (exact) mass is 291 g/mol. The highest BCUT2D eigenvalue weighted by atomic mass is 32.2. The number of halogens is 1. The molecule has 0 bridgehead atoms. The van der Waals surface area contributed by atoms with Gasteiger partial charge in [-0.15, -0.1) is 11.8 Å². The Balaban J connectivity index is 2.40. The topological polar surface area (TPSA) is 74.7 Å². The Bertz CT molecular complexity index is 575. The summed E-state index contributed by atoms with van der Waals surface area (Å²) in [6.45, 7) is 0. The van der Waals surface area contributed by atoms with Crippen LogP contribution in [0.5, 0.6) is 0 Å². The Kier molecular flexibility index (Phi) is 3.60. The molecule has 5 nitrogen and oxygen atoms in total. The molecular formula is C10H10FNO4S2. The van der Waals surface area contributed by atoms with E-state index in [9.17, 15) is 17.6 Å². The van der Waals surface area contributed by atoms with E-state index in [1.54, 1.807) is 0 Å². The predicted octanol–water partition coefficient (Wildman–Crippen LogP) is 0.974. The molecule has 98 valence electrons. The van der Waals surface area contributed by atoms with Crippen molar-refractivity contribution in [2.75, 3.05) is 11.6 Å². The van der Waals surface area contributed by atoms with Gasteiger partial charge in [0, 0.05) is 5.75 Å². The minimum Gasteiger partial charge on any atom is -0.480 e. The van der Waals surface area contributed by atoms with Crippen molar-refractivity contribution in [2.24, 2.45) is 0 Å². The van der Waals surface area contributed by atoms with Crippen LogP contribution in [0.3, 0.4) is 0 Å². The second-order valence-corrected chi connectivity index (χ2v) is 6.59. The number of carboxylic acid groups (broad SMARTS) is 1. The third-order valence-corrected chi connectivity index (χ3v) is 5.56. The quantitative estimate of drug-likeness (QED) is 0.898. The van der Waals surface area contributed by atoms with Gasteiger partial charge in [0.05, 0.1) is 10.8 Å². The molecule has 8 heteroatoms. The van der Waals surface area contributed by atoms with Gasteiger partial charge in [0.25, 0.3) is 0 Å². The van der Waals surface area contributed by atoms with Gasteiger partial charge in [-0.25, -0.2) is 12.8 Å². The van der Waals surface area contributed by atoms with E-state index in [-0.39, 0.29) is 16.5 Å². The van der Waals surface area contributed by atoms with E-state index in [4.69, 9.17) is 5.11 Å². The van der Waals surface area contributed by atoms with E-state index < -0.39 is 27.9 Å². The van der Waals surface area contributed by atoms with Crippen LogP contribution < -0.4 is 0 Å². The lowest BCUT2D eigenvalue weighted by Crippen LogP contribution is -2.41. The van der Waals surface area contributed by atoms with Gasteiger partial charge in [-0.2, -0.15) is 4.31 Å². The first-order chi connectivity index (χ1) is 8.43. The van der Waals surface area contributed by atoms with Crippen molar-refractivity contribution >= 4 is 27.8 Å². The molecule has 1 N–H and O–H groups in total. The summed E-state index contributed by atoms with van der Waals surface area (Å²) in [7, 11) is -3.96. The molecule has 1 heterocycles. The van der Waals surface area contributed by atoms with Gasteiger partial charge in [0.1, 0.15) is 11.9 Å². The Morgan fingerprint density at radius 3 is 2.83 bits per heavy atom. The summed E-state index contributed by atoms with van der Waals surface area (Å²) >= 11 is 1.22. The summed E-state index contributed by atoms with van der Waals surface area (Å²) in [6.07, 6.45) is 0. The Morgan fingerprint density at radius 1 is 1.50 bits per heavy atom. The van der Waals surface area contributed by atoms with Gasteiger partial charge in [-0.1, -0.05) is 6.07 Å². The molecule has 0 aliphatic carbocycles. The van der Waals surface area contributed by atoms with Crippen LogP contribution in [0.1, 0.15) is 0 Å². The first-order valence-electron chi connectivity index (χ1n) is 5.01. The lowest BCUT2D eigenvalue weighted by molar-refractivity contribution is -0.140. The first kappa shape index (κ1) is 13.3. The number of rotatable bonds is 3. The van der Waals surface area contributed by atoms with Gasteiger partial charge in [-0.05, 0) is 18.2 Å². The van der Waals surface area contributed by atoms with Gasteiger partial charge in [0.15, 0.2) is 0 Å². The van der Waals surface area contributed by atoms with Crippen molar-refractivity contribution < 1.29 is 22.7 Å². The fraction of sp³-hybridized carbons (Fsp3) is 0.300. The van der Waals surface area contributed by atoms with Crippen molar-refractivity contribution in [3.05, 3.63) is 30.1 Å². The van der Waals surface area contributed by atoms with E-state index in [1.807, 2.05) is 0 Å². The number of hydrogen-bond acceptors (Lipinski definition) is 4. The summed E-state index contributed by atoms with van der Waals surface area (Å²) in [6, 6.07) is 3.45. The van der Waals surface area contributed by atoms with Crippen molar-refractivity contribution in [1.82, 2.24) is 4.31 Å². The number of nitrogens with zero attached hydrogens (tertiary/aromatic N) is 1. The molecule has 1 atom stereocenters. The van der Waals surface area contributed by atoms with Crippen LogP contribution >= 0.6 is 11.8 Å². The van der Waals surface area contributed by atoms with E-state index >= 15 is 0 Å². The molecule has 1 aliphatic heterocycles. The number of sulfonamides is 1. The fourth-order valence-corrected chi connectivity index (χ4v) is 4.79. The van der Waals surface area contributed by atoms with Gasteiger partial charge in [-0.3, -0.25) is 4.79 Å². The predicted molar refractivity (Wildman–Crippen MR) is 64.2 cm³/mol. The van der Waals surface area contributed by atoms with Crippen LogP contribution in [0.2, 0.25) is 0 Å². The Labute approximate surface area is 108 Å². The van der Waals surface area contributed by atoms with Crippen LogP contribution in [0.15, 0.2) is 29.2 Å². The molecule has 0 radical (unpaired) electrons. The van der Waals surface area contributed by atoms with E-state index in [0.717, 1.165) is 16.4 Å². The molecule has 0 aromatic heterocycles. The molecule has 1 saturated heterocycles. The summed E-state index contributed by atoms with van der Waals surface area (Å²) in [5, 5.41) is 8.95. The number of thioether (sulfide) groups is 1. The zero-order valence-corrected chi connectivity index (χ0v) is 10.7. The second kappa shape index (κ2) is 4.87. The zero-order chi connectivity index (χ0) is 13.3. The van der Waals surface area contributed by atoms with E-state index in [0.29, 0.717) is 0 Å². The van der Waals surface area contributed by atoms with Gasteiger partial charge < -0.3 is 5.11 Å². The van der Waals surface area contributed by atoms with Gasteiger partial charge in [0.2, 0.25) is 10.0 Å². The lowest BCUT2D eigenvalue weighted by Gasteiger charge is -2.19. The summed E-state index contributed by atoms with van der Waals surface area (Å²) in [5.74, 6) is -1.60. The molecule has 0 amide bonds. The number of hydrogen-bond donors (Lipinski definition) is 1. The highest BCUT2D eigenvalue weighted by Gasteiger charge is 2.40. The van der Waals surface area contributed by atoms with Crippen molar-refractivity contribution in [2.45, 2.75) is 10.9 Å². The maximum atomic E-state index is 13.0. The van der Waals surface area contributed by atoms with Crippen LogP contribution in [-0.4, -0.2) is 41.5 Å². The third-order valence-electron chi connectivity index (χ3n) is 2.53. The number of aliphatic carboxylic acids is 1. The average molecular weight is 291 g/mol. The summed E-state index contributed by atoms with van der Waals surface area (Å²) in [5.41, 5.74) is 0. The fourth-order valence-electron chi connectivity index (χ4n) is 1.62. The molecule has 1 aliphatic rings. The van der Waals surface area contributed by atoms with Crippen LogP contribution in [0.4, 0.5) is 4.39 Å². The third kappa shape index (κ3) is 2.36. The van der Waals surface area contributed by atoms with Crippen LogP contribution in [-0.2, 0) is 14.8 Å². The summed E-state index contributed by atoms with van der Waals surface area (Å²) < 4.78 is 38.3. The van der Waals surface area contributed by atoms with E-state index in [1.165, 1.54) is 23.9 Å². The SMILES string of the molecule is O=C(O)[C@@H]1CSCN1S(=O)(=O)c1cccc(F)c1. The minimum atomic E-state index is -3.96. The molecule has 1 aromatic carbocycles. The molecule has 2 rings (SSSR count). The lowest BCUT2D eigenvalue weighted by atomic mass is 10.3. The first-order valence-corrected chi connectivity index (χ1v) is 7.60. The molecule has 0 spiro atoms. The molecule has 0 saturated carbocycles. The zero-order valence-electron chi connectivity index (χ0n) is 9.11. The van der Waals surface area contributed by atoms with Crippen LogP contribution in [0, 0.1) is 5.82 Å². The average Bonchev–Trinajstić information content (AvgIpc) is 2.78. The Hall–Kier alpha value is -1.12. The maximum Gasteiger partial charge on any atom is 0.322 e. The molecule has 18 heavy (non-hydrogen) atoms. The highest BCUT2D eigenvalue weighted by molar-refractivity contribution is 8.00. The molecule has 1 fully saturated rings. The molecule has 0 unspecified atom stereocenters. The second-order valence-electron chi connectivity index (χ2n) is 3.70. The number of carboxylic acids is 1. The summed E-state index contributed by atoms with van der Waals surface area (Å²) in [4.78, 5) is 10.7. The van der Waals surface area contributed by atoms with Crippen molar-refractivity contribution in [3.63, 3.8) is 0 Å². The molecular weight excluding hydrogens is 281 g/mol. The maximum absolute atomic E-state index is 13.0. The van der Waals surface area contributed by atoms with Crippen molar-refractivity contribution in [1.29, 1.82) is 0 Å². The highest BCUT2D eigenvalue weighted by Crippen LogP contribution is 2.28. The standard InChI is InChI=1S/C10H10FNO4S2/c11-7-2-1-3-8(4-7)18(15,16)12-6-17-5-9(12)10(13)14/h1-4,9H,5-6H2,(H,13,14)/t9-/m0/s1. The normalized spacial score (nSPS) is 21.1.